The molecule has 2 aliphatic heterocycles. The van der Waals surface area contributed by atoms with Crippen molar-refractivity contribution in [2.24, 2.45) is 0 Å². The quantitative estimate of drug-likeness (QED) is 0.826. The number of nitrogens with zero attached hydrogens (tertiary/aromatic N) is 2. The van der Waals surface area contributed by atoms with Gasteiger partial charge >= 0.3 is 0 Å². The summed E-state index contributed by atoms with van der Waals surface area (Å²) in [6.07, 6.45) is 0.179. The van der Waals surface area contributed by atoms with Gasteiger partial charge in [-0.05, 0) is 25.3 Å². The second kappa shape index (κ2) is 5.23. The summed E-state index contributed by atoms with van der Waals surface area (Å²) in [6.45, 7) is 7.69. The van der Waals surface area contributed by atoms with Gasteiger partial charge in [-0.15, -0.1) is 0 Å². The SMILES string of the molecule is CC(C)N1CCO[C@H]2CN(C(=O)c3ccsc3)C[C@H]21. The maximum atomic E-state index is 12.4. The van der Waals surface area contributed by atoms with Crippen LogP contribution in [0.25, 0.3) is 0 Å². The van der Waals surface area contributed by atoms with Crippen molar-refractivity contribution in [3.63, 3.8) is 0 Å². The number of morpholine rings is 1. The Hall–Kier alpha value is -0.910. The number of ether oxygens (including phenoxy) is 1. The molecule has 1 amide bonds. The van der Waals surface area contributed by atoms with Crippen LogP contribution in [0.4, 0.5) is 0 Å². The zero-order chi connectivity index (χ0) is 13.4. The average Bonchev–Trinajstić information content (AvgIpc) is 3.06. The zero-order valence-electron chi connectivity index (χ0n) is 11.4. The molecule has 0 spiro atoms. The van der Waals surface area contributed by atoms with E-state index in [1.54, 1.807) is 11.3 Å². The summed E-state index contributed by atoms with van der Waals surface area (Å²) in [5.74, 6) is 0.142. The van der Waals surface area contributed by atoms with E-state index >= 15 is 0 Å². The first kappa shape index (κ1) is 13.1. The Bertz CT molecular complexity index is 446. The number of hydrogen-bond acceptors (Lipinski definition) is 4. The number of fused-ring (bicyclic) bond motifs is 1. The van der Waals surface area contributed by atoms with Crippen LogP contribution in [-0.4, -0.2) is 60.1 Å². The lowest BCUT2D eigenvalue weighted by atomic mass is 10.1. The lowest BCUT2D eigenvalue weighted by molar-refractivity contribution is -0.0582. The Kier molecular flexibility index (Phi) is 3.60. The fourth-order valence-corrected chi connectivity index (χ4v) is 3.72. The van der Waals surface area contributed by atoms with Crippen molar-refractivity contribution in [2.45, 2.75) is 32.0 Å². The highest BCUT2D eigenvalue weighted by Crippen LogP contribution is 2.26. The van der Waals surface area contributed by atoms with E-state index in [2.05, 4.69) is 18.7 Å². The van der Waals surface area contributed by atoms with Gasteiger partial charge in [-0.2, -0.15) is 11.3 Å². The molecule has 0 radical (unpaired) electrons. The predicted molar refractivity (Wildman–Crippen MR) is 75.6 cm³/mol. The van der Waals surface area contributed by atoms with Gasteiger partial charge in [0.25, 0.3) is 5.91 Å². The number of carbonyl (C=O) groups is 1. The van der Waals surface area contributed by atoms with Crippen LogP contribution in [0.15, 0.2) is 16.8 Å². The van der Waals surface area contributed by atoms with E-state index in [0.717, 1.165) is 31.8 Å². The fraction of sp³-hybridized carbons (Fsp3) is 0.643. The smallest absolute Gasteiger partial charge is 0.254 e. The Morgan fingerprint density at radius 2 is 2.32 bits per heavy atom. The molecule has 0 unspecified atom stereocenters. The topological polar surface area (TPSA) is 32.8 Å². The molecule has 104 valence electrons. The molecule has 0 bridgehead atoms. The molecule has 0 aliphatic carbocycles. The minimum Gasteiger partial charge on any atom is -0.373 e. The van der Waals surface area contributed by atoms with E-state index in [4.69, 9.17) is 4.74 Å². The van der Waals surface area contributed by atoms with Gasteiger partial charge in [-0.3, -0.25) is 9.69 Å². The third kappa shape index (κ3) is 2.42. The summed E-state index contributed by atoms with van der Waals surface area (Å²) in [5.41, 5.74) is 0.805. The van der Waals surface area contributed by atoms with Crippen LogP contribution in [0.5, 0.6) is 0 Å². The highest BCUT2D eigenvalue weighted by atomic mass is 32.1. The molecule has 1 aromatic rings. The summed E-state index contributed by atoms with van der Waals surface area (Å²) >= 11 is 1.57. The van der Waals surface area contributed by atoms with Gasteiger partial charge in [-0.25, -0.2) is 0 Å². The van der Waals surface area contributed by atoms with Crippen molar-refractivity contribution in [1.82, 2.24) is 9.80 Å². The molecule has 2 saturated heterocycles. The van der Waals surface area contributed by atoms with Crippen molar-refractivity contribution < 1.29 is 9.53 Å². The van der Waals surface area contributed by atoms with Crippen LogP contribution in [0.2, 0.25) is 0 Å². The average molecular weight is 280 g/mol. The first-order chi connectivity index (χ1) is 9.16. The van der Waals surface area contributed by atoms with E-state index in [9.17, 15) is 4.79 Å². The maximum Gasteiger partial charge on any atom is 0.254 e. The van der Waals surface area contributed by atoms with Crippen LogP contribution in [0.1, 0.15) is 24.2 Å². The Morgan fingerprint density at radius 1 is 1.47 bits per heavy atom. The standard InChI is InChI=1S/C14H20N2O2S/c1-10(2)16-4-5-18-13-8-15(7-12(13)16)14(17)11-3-6-19-9-11/h3,6,9-10,12-13H,4-5,7-8H2,1-2H3/t12-,13+/m1/s1. The van der Waals surface area contributed by atoms with E-state index in [-0.39, 0.29) is 12.0 Å². The molecule has 4 nitrogen and oxygen atoms in total. The predicted octanol–water partition coefficient (Wildman–Crippen LogP) is 1.68. The number of amides is 1. The molecule has 1 aromatic heterocycles. The third-order valence-electron chi connectivity index (χ3n) is 4.06. The summed E-state index contributed by atoms with van der Waals surface area (Å²) in [4.78, 5) is 16.8. The Morgan fingerprint density at radius 3 is 3.00 bits per heavy atom. The molecule has 0 N–H and O–H groups in total. The van der Waals surface area contributed by atoms with E-state index in [1.165, 1.54) is 0 Å². The Labute approximate surface area is 118 Å². The number of rotatable bonds is 2. The second-order valence-corrected chi connectivity index (χ2v) is 6.31. The van der Waals surface area contributed by atoms with Crippen molar-refractivity contribution >= 4 is 17.2 Å². The second-order valence-electron chi connectivity index (χ2n) is 5.53. The third-order valence-corrected chi connectivity index (χ3v) is 4.75. The molecule has 2 aliphatic rings. The first-order valence-corrected chi connectivity index (χ1v) is 7.80. The number of carbonyl (C=O) groups excluding carboxylic acids is 1. The van der Waals surface area contributed by atoms with Crippen LogP contribution in [0.3, 0.4) is 0 Å². The maximum absolute atomic E-state index is 12.4. The molecule has 3 rings (SSSR count). The highest BCUT2D eigenvalue weighted by Gasteiger charge is 2.42. The summed E-state index contributed by atoms with van der Waals surface area (Å²) in [6, 6.07) is 2.76. The van der Waals surface area contributed by atoms with Crippen molar-refractivity contribution in [2.75, 3.05) is 26.2 Å². The molecule has 0 saturated carbocycles. The van der Waals surface area contributed by atoms with Crippen LogP contribution >= 0.6 is 11.3 Å². The van der Waals surface area contributed by atoms with Crippen LogP contribution in [0, 0.1) is 0 Å². The lowest BCUT2D eigenvalue weighted by Crippen LogP contribution is -2.53. The fourth-order valence-electron chi connectivity index (χ4n) is 3.09. The molecular weight excluding hydrogens is 260 g/mol. The molecule has 3 heterocycles. The van der Waals surface area contributed by atoms with Crippen molar-refractivity contribution in [1.29, 1.82) is 0 Å². The van der Waals surface area contributed by atoms with E-state index < -0.39 is 0 Å². The van der Waals surface area contributed by atoms with Gasteiger partial charge in [0, 0.05) is 31.1 Å². The minimum atomic E-state index is 0.142. The van der Waals surface area contributed by atoms with Crippen molar-refractivity contribution in [3.8, 4) is 0 Å². The van der Waals surface area contributed by atoms with Gasteiger partial charge < -0.3 is 9.64 Å². The molecule has 19 heavy (non-hydrogen) atoms. The minimum absolute atomic E-state index is 0.142. The summed E-state index contributed by atoms with van der Waals surface area (Å²) in [5, 5.41) is 3.87. The number of hydrogen-bond donors (Lipinski definition) is 0. The van der Waals surface area contributed by atoms with Crippen molar-refractivity contribution in [3.05, 3.63) is 22.4 Å². The van der Waals surface area contributed by atoms with Gasteiger partial charge in [0.2, 0.25) is 0 Å². The zero-order valence-corrected chi connectivity index (χ0v) is 12.2. The molecule has 2 atom stereocenters. The van der Waals surface area contributed by atoms with E-state index in [1.807, 2.05) is 21.7 Å². The summed E-state index contributed by atoms with van der Waals surface area (Å²) in [7, 11) is 0. The number of thiophene rings is 1. The van der Waals surface area contributed by atoms with Crippen LogP contribution in [-0.2, 0) is 4.74 Å². The van der Waals surface area contributed by atoms with Gasteiger partial charge in [-0.1, -0.05) is 0 Å². The highest BCUT2D eigenvalue weighted by molar-refractivity contribution is 7.08. The molecule has 0 aromatic carbocycles. The van der Waals surface area contributed by atoms with Gasteiger partial charge in [0.15, 0.2) is 0 Å². The molecule has 5 heteroatoms. The Balaban J connectivity index is 1.73. The monoisotopic (exact) mass is 280 g/mol. The normalized spacial score (nSPS) is 27.8. The van der Waals surface area contributed by atoms with E-state index in [0.29, 0.717) is 12.1 Å². The molecule has 2 fully saturated rings. The van der Waals surface area contributed by atoms with Crippen LogP contribution < -0.4 is 0 Å². The molecular formula is C14H20N2O2S. The largest absolute Gasteiger partial charge is 0.373 e. The number of likely N-dealkylation sites (tertiary alicyclic amines) is 1. The van der Waals surface area contributed by atoms with Gasteiger partial charge in [0.1, 0.15) is 0 Å². The summed E-state index contributed by atoms with van der Waals surface area (Å²) < 4.78 is 5.85. The lowest BCUT2D eigenvalue weighted by Gasteiger charge is -2.39. The van der Waals surface area contributed by atoms with Gasteiger partial charge in [0.05, 0.1) is 24.3 Å². The first-order valence-electron chi connectivity index (χ1n) is 6.85.